The van der Waals surface area contributed by atoms with Crippen LogP contribution in [0.2, 0.25) is 0 Å². The van der Waals surface area contributed by atoms with Crippen molar-refractivity contribution in [1.82, 2.24) is 14.1 Å². The first-order valence-electron chi connectivity index (χ1n) is 6.98. The molecule has 7 nitrogen and oxygen atoms in total. The van der Waals surface area contributed by atoms with Gasteiger partial charge in [0.05, 0.1) is 12.6 Å². The van der Waals surface area contributed by atoms with E-state index in [0.717, 1.165) is 19.3 Å². The van der Waals surface area contributed by atoms with E-state index in [1.807, 2.05) is 0 Å². The summed E-state index contributed by atoms with van der Waals surface area (Å²) in [5, 5.41) is 13.2. The summed E-state index contributed by atoms with van der Waals surface area (Å²) >= 11 is 0. The molecule has 1 heterocycles. The van der Waals surface area contributed by atoms with Gasteiger partial charge in [-0.15, -0.1) is 0 Å². The largest absolute Gasteiger partial charge is 0.481 e. The van der Waals surface area contributed by atoms with Crippen LogP contribution in [0.3, 0.4) is 0 Å². The summed E-state index contributed by atoms with van der Waals surface area (Å²) in [6.45, 7) is 0. The first kappa shape index (κ1) is 16.0. The molecule has 0 unspecified atom stereocenters. The van der Waals surface area contributed by atoms with Crippen molar-refractivity contribution in [2.75, 3.05) is 7.05 Å². The van der Waals surface area contributed by atoms with Gasteiger partial charge in [0.1, 0.15) is 0 Å². The van der Waals surface area contributed by atoms with Crippen molar-refractivity contribution in [3.63, 3.8) is 0 Å². The number of rotatable bonds is 5. The van der Waals surface area contributed by atoms with Crippen LogP contribution < -0.4 is 0 Å². The third kappa shape index (κ3) is 2.96. The van der Waals surface area contributed by atoms with E-state index < -0.39 is 21.5 Å². The molecule has 0 amide bonds. The lowest BCUT2D eigenvalue weighted by molar-refractivity contribution is -0.140. The molecule has 1 aliphatic rings. The summed E-state index contributed by atoms with van der Waals surface area (Å²) in [7, 11) is -0.716. The molecule has 0 radical (unpaired) electrons. The number of nitrogens with zero attached hydrogens (tertiary/aromatic N) is 3. The summed E-state index contributed by atoms with van der Waals surface area (Å²) in [6.07, 6.45) is 5.11. The maximum absolute atomic E-state index is 12.8. The fourth-order valence-corrected chi connectivity index (χ4v) is 4.76. The second-order valence-corrected chi connectivity index (χ2v) is 7.54. The van der Waals surface area contributed by atoms with Crippen LogP contribution in [0.5, 0.6) is 0 Å². The minimum absolute atomic E-state index is 0.0836. The molecule has 1 aromatic rings. The van der Waals surface area contributed by atoms with Gasteiger partial charge in [0.25, 0.3) is 10.0 Å². The van der Waals surface area contributed by atoms with Crippen LogP contribution in [0.15, 0.2) is 17.3 Å². The maximum Gasteiger partial charge on any atom is 0.305 e. The fourth-order valence-electron chi connectivity index (χ4n) is 3.10. The number of aromatic nitrogens is 2. The molecule has 118 valence electrons. The van der Waals surface area contributed by atoms with Crippen LogP contribution in [0, 0.1) is 0 Å². The zero-order valence-electron chi connectivity index (χ0n) is 12.3. The number of hydrogen-bond acceptors (Lipinski definition) is 4. The molecule has 1 fully saturated rings. The van der Waals surface area contributed by atoms with Crippen LogP contribution in [-0.4, -0.2) is 46.2 Å². The van der Waals surface area contributed by atoms with E-state index in [1.54, 1.807) is 7.05 Å². The molecule has 0 saturated heterocycles. The highest BCUT2D eigenvalue weighted by Gasteiger charge is 2.44. The quantitative estimate of drug-likeness (QED) is 0.882. The second kappa shape index (κ2) is 5.76. The van der Waals surface area contributed by atoms with E-state index in [2.05, 4.69) is 5.10 Å². The Morgan fingerprint density at radius 3 is 2.52 bits per heavy atom. The number of carboxylic acid groups (broad SMARTS) is 1. The van der Waals surface area contributed by atoms with Crippen molar-refractivity contribution < 1.29 is 18.3 Å². The molecular weight excluding hydrogens is 294 g/mol. The lowest BCUT2D eigenvalue weighted by atomic mass is 9.79. The lowest BCUT2D eigenvalue weighted by Gasteiger charge is -2.42. The van der Waals surface area contributed by atoms with Crippen LogP contribution in [-0.2, 0) is 21.9 Å². The predicted octanol–water partition coefficient (Wildman–Crippen LogP) is 1.22. The summed E-state index contributed by atoms with van der Waals surface area (Å²) in [5.41, 5.74) is -0.840. The molecule has 2 rings (SSSR count). The molecule has 0 bridgehead atoms. The van der Waals surface area contributed by atoms with Crippen molar-refractivity contribution in [1.29, 1.82) is 0 Å². The first-order valence-corrected chi connectivity index (χ1v) is 8.42. The van der Waals surface area contributed by atoms with Gasteiger partial charge >= 0.3 is 5.97 Å². The molecule has 0 spiro atoms. The summed E-state index contributed by atoms with van der Waals surface area (Å²) in [6, 6.07) is 1.43. The van der Waals surface area contributed by atoms with Crippen LogP contribution in [0.4, 0.5) is 0 Å². The second-order valence-electron chi connectivity index (χ2n) is 5.62. The Morgan fingerprint density at radius 2 is 2.05 bits per heavy atom. The number of hydrogen-bond donors (Lipinski definition) is 1. The van der Waals surface area contributed by atoms with Crippen molar-refractivity contribution in [3.05, 3.63) is 12.3 Å². The van der Waals surface area contributed by atoms with Crippen LogP contribution >= 0.6 is 0 Å². The Kier molecular flexibility index (Phi) is 4.38. The molecule has 1 saturated carbocycles. The van der Waals surface area contributed by atoms with Gasteiger partial charge in [-0.1, -0.05) is 19.3 Å². The van der Waals surface area contributed by atoms with E-state index >= 15 is 0 Å². The molecule has 0 aromatic carbocycles. The minimum atomic E-state index is -3.76. The number of sulfonamides is 1. The van der Waals surface area contributed by atoms with E-state index in [0.29, 0.717) is 12.8 Å². The Hall–Kier alpha value is -1.41. The monoisotopic (exact) mass is 315 g/mol. The number of carboxylic acids is 1. The Labute approximate surface area is 124 Å². The molecular formula is C13H21N3O4S. The molecule has 8 heteroatoms. The van der Waals surface area contributed by atoms with E-state index in [9.17, 15) is 18.3 Å². The van der Waals surface area contributed by atoms with Crippen molar-refractivity contribution in [2.45, 2.75) is 49.1 Å². The average Bonchev–Trinajstić information content (AvgIpc) is 2.85. The smallest absolute Gasteiger partial charge is 0.305 e. The van der Waals surface area contributed by atoms with Gasteiger partial charge in [-0.25, -0.2) is 8.42 Å². The topological polar surface area (TPSA) is 92.5 Å². The van der Waals surface area contributed by atoms with Gasteiger partial charge in [-0.2, -0.15) is 9.40 Å². The third-order valence-electron chi connectivity index (χ3n) is 4.33. The van der Waals surface area contributed by atoms with Gasteiger partial charge in [0.2, 0.25) is 0 Å². The zero-order valence-corrected chi connectivity index (χ0v) is 13.1. The number of carbonyl (C=O) groups is 1. The minimum Gasteiger partial charge on any atom is -0.481 e. The average molecular weight is 315 g/mol. The predicted molar refractivity (Wildman–Crippen MR) is 76.2 cm³/mol. The van der Waals surface area contributed by atoms with Gasteiger partial charge in [-0.05, 0) is 18.9 Å². The van der Waals surface area contributed by atoms with Crippen LogP contribution in [0.25, 0.3) is 0 Å². The van der Waals surface area contributed by atoms with E-state index in [4.69, 9.17) is 0 Å². The Bertz CT molecular complexity index is 617. The van der Waals surface area contributed by atoms with Crippen molar-refractivity contribution >= 4 is 16.0 Å². The maximum atomic E-state index is 12.8. The molecule has 21 heavy (non-hydrogen) atoms. The van der Waals surface area contributed by atoms with Crippen LogP contribution in [0.1, 0.15) is 38.5 Å². The Balaban J connectivity index is 2.40. The van der Waals surface area contributed by atoms with Gasteiger partial charge in [0, 0.05) is 19.6 Å². The molecule has 0 atom stereocenters. The summed E-state index contributed by atoms with van der Waals surface area (Å²) in [4.78, 5) is 11.2. The third-order valence-corrected chi connectivity index (χ3v) is 6.37. The molecule has 1 N–H and O–H groups in total. The summed E-state index contributed by atoms with van der Waals surface area (Å²) < 4.78 is 28.1. The molecule has 1 aromatic heterocycles. The van der Waals surface area contributed by atoms with Gasteiger partial charge in [-0.3, -0.25) is 9.48 Å². The van der Waals surface area contributed by atoms with E-state index in [-0.39, 0.29) is 11.4 Å². The highest BCUT2D eigenvalue weighted by Crippen LogP contribution is 2.38. The van der Waals surface area contributed by atoms with Crippen molar-refractivity contribution in [3.8, 4) is 0 Å². The SMILES string of the molecule is CN(C1(CC(=O)O)CCCCC1)S(=O)(=O)c1ccnn1C. The normalized spacial score (nSPS) is 18.8. The van der Waals surface area contributed by atoms with E-state index in [1.165, 1.54) is 28.3 Å². The fraction of sp³-hybridized carbons (Fsp3) is 0.692. The van der Waals surface area contributed by atoms with Gasteiger partial charge in [0.15, 0.2) is 5.03 Å². The standard InChI is InChI=1S/C13H21N3O4S/c1-15-11(6-9-14-15)21(19,20)16(2)13(10-12(17)18)7-4-3-5-8-13/h6,9H,3-5,7-8,10H2,1-2H3,(H,17,18). The highest BCUT2D eigenvalue weighted by molar-refractivity contribution is 7.89. The summed E-state index contributed by atoms with van der Waals surface area (Å²) in [5.74, 6) is -0.969. The Morgan fingerprint density at radius 1 is 1.43 bits per heavy atom. The van der Waals surface area contributed by atoms with Crippen molar-refractivity contribution in [2.24, 2.45) is 7.05 Å². The lowest BCUT2D eigenvalue weighted by Crippen LogP contribution is -2.52. The van der Waals surface area contributed by atoms with Gasteiger partial charge < -0.3 is 5.11 Å². The highest BCUT2D eigenvalue weighted by atomic mass is 32.2. The first-order chi connectivity index (χ1) is 9.79. The number of aryl methyl sites for hydroxylation is 1. The number of aliphatic carboxylic acids is 1. The molecule has 0 aliphatic heterocycles. The zero-order chi connectivity index (χ0) is 15.7. The molecule has 1 aliphatic carbocycles.